The van der Waals surface area contributed by atoms with E-state index in [1.807, 2.05) is 29.3 Å². The molecule has 1 saturated heterocycles. The molecule has 0 atom stereocenters. The van der Waals surface area contributed by atoms with Gasteiger partial charge < -0.3 is 14.4 Å². The summed E-state index contributed by atoms with van der Waals surface area (Å²) in [4.78, 5) is 22.0. The first-order chi connectivity index (χ1) is 16.4. The van der Waals surface area contributed by atoms with Crippen LogP contribution >= 0.6 is 22.2 Å². The Morgan fingerprint density at radius 2 is 1.88 bits per heavy atom. The molecule has 6 rings (SSSR count). The molecule has 1 saturated carbocycles. The average molecular weight is 501 g/mol. The number of halogens is 1. The monoisotopic (exact) mass is 500 g/mol. The van der Waals surface area contributed by atoms with Gasteiger partial charge in [-0.15, -0.1) is 0 Å². The number of benzene rings is 1. The number of carbonyl (C=O) groups is 1. The Kier molecular flexibility index (Phi) is 5.42. The minimum absolute atomic E-state index is 0.192. The third kappa shape index (κ3) is 3.82. The van der Waals surface area contributed by atoms with Crippen molar-refractivity contribution in [2.45, 2.75) is 37.8 Å². The zero-order valence-electron chi connectivity index (χ0n) is 19.0. The number of anilines is 1. The number of pyridine rings is 1. The van der Waals surface area contributed by atoms with Crippen LogP contribution in [0.1, 0.15) is 30.5 Å². The van der Waals surface area contributed by atoms with E-state index >= 15 is 0 Å². The van der Waals surface area contributed by atoms with Gasteiger partial charge in [-0.25, -0.2) is 0 Å². The van der Waals surface area contributed by atoms with Gasteiger partial charge in [-0.3, -0.25) is 18.9 Å². The molecular formula is C25H29ClN4O3S. The van der Waals surface area contributed by atoms with Crippen molar-refractivity contribution < 1.29 is 13.9 Å². The Hall–Kier alpha value is -2.10. The standard InChI is InChI=1S/C25H29ClN4O3S/c26-19-2-3-22-18(14-19)15-20(29(22)9-1-8-28-10-12-34(32,33)13-11-28)17-30-23-16-27-7-4-21(23)25(5-6-25)24(30)31/h2-4,7,14-16,32-33H,1,5-6,8-13,17H2. The SMILES string of the molecule is O=C1N(Cc2cc3cc(Cl)ccc3n2CCCN2CCS(O)(O)CC2)c2cnccc2C12CC2. The molecule has 1 amide bonds. The molecule has 34 heavy (non-hydrogen) atoms. The lowest BCUT2D eigenvalue weighted by Gasteiger charge is -2.41. The third-order valence-electron chi connectivity index (χ3n) is 7.61. The van der Waals surface area contributed by atoms with Gasteiger partial charge in [-0.05, 0) is 61.7 Å². The van der Waals surface area contributed by atoms with Crippen LogP contribution in [0.3, 0.4) is 0 Å². The number of nitrogens with zero attached hydrogens (tertiary/aromatic N) is 4. The Balaban J connectivity index is 1.25. The molecule has 4 heterocycles. The predicted molar refractivity (Wildman–Crippen MR) is 137 cm³/mol. The molecule has 2 aromatic heterocycles. The number of aryl methyl sites for hydroxylation is 1. The van der Waals surface area contributed by atoms with Crippen molar-refractivity contribution in [3.8, 4) is 0 Å². The number of rotatable bonds is 6. The quantitative estimate of drug-likeness (QED) is 0.511. The van der Waals surface area contributed by atoms with E-state index in [2.05, 4.69) is 26.6 Å². The van der Waals surface area contributed by atoms with Crippen LogP contribution in [0.5, 0.6) is 0 Å². The van der Waals surface area contributed by atoms with E-state index in [4.69, 9.17) is 11.6 Å². The first kappa shape index (κ1) is 22.4. The largest absolute Gasteiger partial charge is 0.343 e. The zero-order valence-corrected chi connectivity index (χ0v) is 20.6. The molecule has 7 nitrogen and oxygen atoms in total. The van der Waals surface area contributed by atoms with Gasteiger partial charge >= 0.3 is 0 Å². The Morgan fingerprint density at radius 1 is 1.09 bits per heavy atom. The van der Waals surface area contributed by atoms with Crippen LogP contribution in [0, 0.1) is 0 Å². The summed E-state index contributed by atoms with van der Waals surface area (Å²) in [6, 6.07) is 10.1. The summed E-state index contributed by atoms with van der Waals surface area (Å²) in [6.45, 7) is 3.69. The van der Waals surface area contributed by atoms with E-state index in [0.717, 1.165) is 73.3 Å². The van der Waals surface area contributed by atoms with E-state index in [0.29, 0.717) is 23.1 Å². The molecule has 3 aromatic rings. The normalized spacial score (nSPS) is 21.9. The van der Waals surface area contributed by atoms with Gasteiger partial charge in [0.25, 0.3) is 0 Å². The van der Waals surface area contributed by atoms with E-state index in [1.54, 1.807) is 6.20 Å². The number of hydrogen-bond donors (Lipinski definition) is 2. The molecule has 2 aliphatic heterocycles. The number of amides is 1. The fourth-order valence-corrected chi connectivity index (χ4v) is 7.04. The van der Waals surface area contributed by atoms with Crippen LogP contribution in [0.15, 0.2) is 42.7 Å². The topological polar surface area (TPSA) is 81.8 Å². The Labute approximate surface area is 205 Å². The zero-order chi connectivity index (χ0) is 23.5. The summed E-state index contributed by atoms with van der Waals surface area (Å²) in [5.41, 5.74) is 3.93. The maximum absolute atomic E-state index is 13.4. The second-order valence-electron chi connectivity index (χ2n) is 9.76. The van der Waals surface area contributed by atoms with Crippen molar-refractivity contribution in [3.63, 3.8) is 0 Å². The van der Waals surface area contributed by atoms with Crippen molar-refractivity contribution in [1.82, 2.24) is 14.5 Å². The highest BCUT2D eigenvalue weighted by Gasteiger charge is 2.59. The van der Waals surface area contributed by atoms with Crippen LogP contribution in [0.4, 0.5) is 5.69 Å². The highest BCUT2D eigenvalue weighted by atomic mass is 35.5. The summed E-state index contributed by atoms with van der Waals surface area (Å²) in [5, 5.41) is 1.78. The maximum Gasteiger partial charge on any atom is 0.238 e. The molecule has 0 radical (unpaired) electrons. The maximum atomic E-state index is 13.4. The van der Waals surface area contributed by atoms with Crippen molar-refractivity contribution in [2.24, 2.45) is 0 Å². The van der Waals surface area contributed by atoms with Crippen LogP contribution in [-0.4, -0.2) is 60.6 Å². The minimum atomic E-state index is -2.37. The lowest BCUT2D eigenvalue weighted by Crippen LogP contribution is -2.39. The van der Waals surface area contributed by atoms with Gasteiger partial charge in [0.2, 0.25) is 5.91 Å². The van der Waals surface area contributed by atoms with Crippen molar-refractivity contribution in [2.75, 3.05) is 36.0 Å². The van der Waals surface area contributed by atoms with Crippen LogP contribution in [0.25, 0.3) is 10.9 Å². The number of aromatic nitrogens is 2. The van der Waals surface area contributed by atoms with Crippen molar-refractivity contribution >= 4 is 44.7 Å². The number of fused-ring (bicyclic) bond motifs is 3. The molecule has 180 valence electrons. The van der Waals surface area contributed by atoms with Gasteiger partial charge in [0.1, 0.15) is 0 Å². The third-order valence-corrected chi connectivity index (χ3v) is 9.51. The number of carbonyl (C=O) groups excluding carboxylic acids is 1. The summed E-state index contributed by atoms with van der Waals surface area (Å²) in [5.74, 6) is 1.13. The Morgan fingerprint density at radius 3 is 2.65 bits per heavy atom. The number of hydrogen-bond acceptors (Lipinski definition) is 5. The molecular weight excluding hydrogens is 472 g/mol. The van der Waals surface area contributed by atoms with Gasteiger partial charge in [0.15, 0.2) is 0 Å². The molecule has 2 N–H and O–H groups in total. The molecule has 1 spiro atoms. The second kappa shape index (κ2) is 8.24. The molecule has 1 aromatic carbocycles. The first-order valence-corrected chi connectivity index (χ1v) is 14.1. The molecule has 9 heteroatoms. The van der Waals surface area contributed by atoms with E-state index in [-0.39, 0.29) is 11.3 Å². The predicted octanol–water partition coefficient (Wildman–Crippen LogP) is 4.72. The fraction of sp³-hybridized carbons (Fsp3) is 0.440. The molecule has 3 aliphatic rings. The summed E-state index contributed by atoms with van der Waals surface area (Å²) >= 11 is 6.29. The molecule has 0 unspecified atom stereocenters. The van der Waals surface area contributed by atoms with Gasteiger partial charge in [0, 0.05) is 47.5 Å². The lowest BCUT2D eigenvalue weighted by molar-refractivity contribution is -0.120. The molecule has 0 bridgehead atoms. The summed E-state index contributed by atoms with van der Waals surface area (Å²) < 4.78 is 22.1. The van der Waals surface area contributed by atoms with Crippen molar-refractivity contribution in [1.29, 1.82) is 0 Å². The summed E-state index contributed by atoms with van der Waals surface area (Å²) in [6.07, 6.45) is 6.38. The molecule has 1 aliphatic carbocycles. The van der Waals surface area contributed by atoms with Crippen molar-refractivity contribution in [3.05, 3.63) is 59.0 Å². The highest BCUT2D eigenvalue weighted by Crippen LogP contribution is 2.57. The fourth-order valence-electron chi connectivity index (χ4n) is 5.55. The van der Waals surface area contributed by atoms with E-state index in [1.165, 1.54) is 0 Å². The first-order valence-electron chi connectivity index (χ1n) is 11.9. The average Bonchev–Trinajstić information content (AvgIpc) is 3.51. The second-order valence-corrected chi connectivity index (χ2v) is 12.6. The minimum Gasteiger partial charge on any atom is -0.343 e. The Bertz CT molecular complexity index is 1260. The van der Waals surface area contributed by atoms with Crippen LogP contribution < -0.4 is 4.90 Å². The van der Waals surface area contributed by atoms with E-state index < -0.39 is 10.6 Å². The summed E-state index contributed by atoms with van der Waals surface area (Å²) in [7, 11) is -2.37. The lowest BCUT2D eigenvalue weighted by atomic mass is 9.99. The smallest absolute Gasteiger partial charge is 0.238 e. The van der Waals surface area contributed by atoms with Crippen LogP contribution in [-0.2, 0) is 23.3 Å². The van der Waals surface area contributed by atoms with Gasteiger partial charge in [-0.1, -0.05) is 11.6 Å². The van der Waals surface area contributed by atoms with Gasteiger partial charge in [-0.2, -0.15) is 10.6 Å². The van der Waals surface area contributed by atoms with Crippen LogP contribution in [0.2, 0.25) is 5.02 Å². The van der Waals surface area contributed by atoms with E-state index in [9.17, 15) is 13.9 Å². The van der Waals surface area contributed by atoms with Gasteiger partial charge in [0.05, 0.1) is 35.3 Å². The molecule has 2 fully saturated rings. The highest BCUT2D eigenvalue weighted by molar-refractivity contribution is 8.24.